The number of hydrogen-bond donors (Lipinski definition) is 2. The molecule has 0 radical (unpaired) electrons. The molecule has 170 valence electrons. The molecule has 33 heavy (non-hydrogen) atoms. The van der Waals surface area contributed by atoms with Crippen LogP contribution in [0.25, 0.3) is 6.08 Å². The van der Waals surface area contributed by atoms with E-state index in [0.29, 0.717) is 17.7 Å². The number of aryl methyl sites for hydroxylation is 2. The Morgan fingerprint density at radius 2 is 1.85 bits per heavy atom. The number of nitrogens with one attached hydrogen (secondary N) is 2. The van der Waals surface area contributed by atoms with Gasteiger partial charge in [0.15, 0.2) is 0 Å². The minimum absolute atomic E-state index is 0.108. The predicted octanol–water partition coefficient (Wildman–Crippen LogP) is 5.09. The van der Waals surface area contributed by atoms with Gasteiger partial charge in [-0.15, -0.1) is 0 Å². The Bertz CT molecular complexity index is 1210. The summed E-state index contributed by atoms with van der Waals surface area (Å²) in [7, 11) is 0. The minimum Gasteiger partial charge on any atom is -0.487 e. The first-order valence-corrected chi connectivity index (χ1v) is 10.9. The lowest BCUT2D eigenvalue weighted by molar-refractivity contribution is -0.119. The molecule has 1 aliphatic rings. The van der Waals surface area contributed by atoms with E-state index in [1.807, 2.05) is 58.0 Å². The molecule has 0 aliphatic carbocycles. The number of carbonyl (C=O) groups is 2. The highest BCUT2D eigenvalue weighted by Crippen LogP contribution is 2.40. The van der Waals surface area contributed by atoms with Crippen LogP contribution in [0.15, 0.2) is 71.0 Å². The second-order valence-electron chi connectivity index (χ2n) is 8.98. The van der Waals surface area contributed by atoms with Crippen molar-refractivity contribution in [2.24, 2.45) is 0 Å². The van der Waals surface area contributed by atoms with Crippen LogP contribution in [0.5, 0.6) is 5.75 Å². The molecule has 0 saturated carbocycles. The third kappa shape index (κ3) is 5.17. The van der Waals surface area contributed by atoms with Crippen LogP contribution in [0.2, 0.25) is 0 Å². The smallest absolute Gasteiger partial charge is 0.268 e. The summed E-state index contributed by atoms with van der Waals surface area (Å²) in [5.74, 6) is 0.463. The second kappa shape index (κ2) is 8.98. The zero-order valence-electron chi connectivity index (χ0n) is 19.3. The average molecular weight is 445 g/mol. The molecular formula is C27H28N2O4. The Balaban J connectivity index is 1.63. The van der Waals surface area contributed by atoms with E-state index < -0.39 is 11.5 Å². The molecule has 1 aromatic heterocycles. The topological polar surface area (TPSA) is 80.6 Å². The first-order chi connectivity index (χ1) is 15.7. The Morgan fingerprint density at radius 1 is 1.06 bits per heavy atom. The van der Waals surface area contributed by atoms with E-state index in [2.05, 4.69) is 10.6 Å². The molecular weight excluding hydrogens is 416 g/mol. The first kappa shape index (κ1) is 22.4. The fraction of sp³-hybridized carbons (Fsp3) is 0.259. The molecule has 2 amide bonds. The van der Waals surface area contributed by atoms with Crippen molar-refractivity contribution in [3.05, 3.63) is 94.6 Å². The number of benzene rings is 2. The van der Waals surface area contributed by atoms with E-state index in [1.165, 1.54) is 12.3 Å². The van der Waals surface area contributed by atoms with Gasteiger partial charge in [-0.05, 0) is 57.5 Å². The lowest BCUT2D eigenvalue weighted by Crippen LogP contribution is -2.43. The molecule has 2 N–H and O–H groups in total. The number of rotatable bonds is 5. The first-order valence-electron chi connectivity index (χ1n) is 10.9. The number of furan rings is 1. The Morgan fingerprint density at radius 3 is 2.58 bits per heavy atom. The van der Waals surface area contributed by atoms with Crippen LogP contribution in [0, 0.1) is 13.8 Å². The van der Waals surface area contributed by atoms with Crippen LogP contribution >= 0.6 is 0 Å². The van der Waals surface area contributed by atoms with E-state index in [9.17, 15) is 9.59 Å². The minimum atomic E-state index is -0.449. The molecule has 0 bridgehead atoms. The van der Waals surface area contributed by atoms with Crippen molar-refractivity contribution >= 4 is 17.9 Å². The van der Waals surface area contributed by atoms with Crippen molar-refractivity contribution in [1.82, 2.24) is 10.6 Å². The summed E-state index contributed by atoms with van der Waals surface area (Å²) < 4.78 is 11.5. The van der Waals surface area contributed by atoms with Crippen LogP contribution in [-0.2, 0) is 4.79 Å². The average Bonchev–Trinajstić information content (AvgIpc) is 3.26. The molecule has 0 spiro atoms. The summed E-state index contributed by atoms with van der Waals surface area (Å²) in [4.78, 5) is 26.4. The molecule has 0 saturated heterocycles. The predicted molar refractivity (Wildman–Crippen MR) is 127 cm³/mol. The van der Waals surface area contributed by atoms with Gasteiger partial charge in [-0.1, -0.05) is 35.9 Å². The maximum atomic E-state index is 13.4. The lowest BCUT2D eigenvalue weighted by Gasteiger charge is -2.38. The van der Waals surface area contributed by atoms with Gasteiger partial charge < -0.3 is 19.8 Å². The van der Waals surface area contributed by atoms with Crippen LogP contribution in [-0.4, -0.2) is 17.4 Å². The van der Waals surface area contributed by atoms with Gasteiger partial charge in [-0.25, -0.2) is 0 Å². The van der Waals surface area contributed by atoms with Crippen molar-refractivity contribution in [2.45, 2.75) is 45.8 Å². The lowest BCUT2D eigenvalue weighted by atomic mass is 9.89. The van der Waals surface area contributed by atoms with Crippen LogP contribution in [0.4, 0.5) is 0 Å². The summed E-state index contributed by atoms with van der Waals surface area (Å²) in [6.45, 7) is 7.85. The van der Waals surface area contributed by atoms with Crippen molar-refractivity contribution in [3.63, 3.8) is 0 Å². The molecule has 2 aromatic carbocycles. The van der Waals surface area contributed by atoms with Gasteiger partial charge in [-0.3, -0.25) is 9.59 Å². The zero-order valence-corrected chi connectivity index (χ0v) is 19.3. The van der Waals surface area contributed by atoms with E-state index >= 15 is 0 Å². The molecule has 0 fully saturated rings. The molecule has 6 nitrogen and oxygen atoms in total. The summed E-state index contributed by atoms with van der Waals surface area (Å²) in [5.41, 5.74) is 2.99. The number of fused-ring (bicyclic) bond motifs is 1. The van der Waals surface area contributed by atoms with Crippen molar-refractivity contribution in [2.75, 3.05) is 0 Å². The van der Waals surface area contributed by atoms with E-state index in [4.69, 9.17) is 9.15 Å². The number of hydrogen-bond acceptors (Lipinski definition) is 4. The highest BCUT2D eigenvalue weighted by molar-refractivity contribution is 6.05. The molecule has 2 heterocycles. The highest BCUT2D eigenvalue weighted by Gasteiger charge is 2.35. The third-order valence-electron chi connectivity index (χ3n) is 5.64. The normalized spacial score (nSPS) is 17.0. The number of amides is 2. The van der Waals surface area contributed by atoms with Crippen molar-refractivity contribution < 1.29 is 18.7 Å². The van der Waals surface area contributed by atoms with Gasteiger partial charge in [-0.2, -0.15) is 0 Å². The molecule has 0 unspecified atom stereocenters. The van der Waals surface area contributed by atoms with Crippen molar-refractivity contribution in [3.8, 4) is 5.75 Å². The third-order valence-corrected chi connectivity index (χ3v) is 5.64. The van der Waals surface area contributed by atoms with Gasteiger partial charge in [0, 0.05) is 23.6 Å². The van der Waals surface area contributed by atoms with Crippen LogP contribution < -0.4 is 15.4 Å². The zero-order chi connectivity index (χ0) is 23.6. The van der Waals surface area contributed by atoms with Crippen molar-refractivity contribution in [1.29, 1.82) is 0 Å². The Kier molecular flexibility index (Phi) is 6.09. The molecule has 1 aliphatic heterocycles. The maximum Gasteiger partial charge on any atom is 0.268 e. The SMILES string of the molecule is Cc1ccc2c(c1)[C@H](NC(=O)/C(=C/c1ccco1)NC(=O)c1ccccc1C)CC(C)(C)O2. The highest BCUT2D eigenvalue weighted by atomic mass is 16.5. The van der Waals surface area contributed by atoms with Gasteiger partial charge in [0.2, 0.25) is 0 Å². The molecule has 4 rings (SSSR count). The Labute approximate surface area is 193 Å². The summed E-state index contributed by atoms with van der Waals surface area (Å²) in [5, 5.41) is 5.88. The van der Waals surface area contributed by atoms with E-state index in [-0.39, 0.29) is 17.6 Å². The van der Waals surface area contributed by atoms with Crippen LogP contribution in [0.1, 0.15) is 59.1 Å². The maximum absolute atomic E-state index is 13.4. The van der Waals surface area contributed by atoms with Gasteiger partial charge in [0.05, 0.1) is 12.3 Å². The van der Waals surface area contributed by atoms with E-state index in [0.717, 1.165) is 22.4 Å². The fourth-order valence-corrected chi connectivity index (χ4v) is 4.03. The van der Waals surface area contributed by atoms with Crippen LogP contribution in [0.3, 0.4) is 0 Å². The van der Waals surface area contributed by atoms with E-state index in [1.54, 1.807) is 24.3 Å². The van der Waals surface area contributed by atoms with Gasteiger partial charge in [0.25, 0.3) is 11.8 Å². The molecule has 6 heteroatoms. The largest absolute Gasteiger partial charge is 0.487 e. The standard InChI is InChI=1S/C27H28N2O4/c1-17-11-12-24-21(14-17)23(16-27(3,4)33-24)29-26(31)22(15-19-9-7-13-32-19)28-25(30)20-10-6-5-8-18(20)2/h5-15,23H,16H2,1-4H3,(H,28,30)(H,29,31)/b22-15-/t23-/m1/s1. The quantitative estimate of drug-likeness (QED) is 0.538. The van der Waals surface area contributed by atoms with Gasteiger partial charge in [0.1, 0.15) is 22.8 Å². The summed E-state index contributed by atoms with van der Waals surface area (Å²) in [6.07, 6.45) is 3.65. The molecule has 3 aromatic rings. The fourth-order valence-electron chi connectivity index (χ4n) is 4.03. The monoisotopic (exact) mass is 444 g/mol. The summed E-state index contributed by atoms with van der Waals surface area (Å²) >= 11 is 0. The number of ether oxygens (including phenoxy) is 1. The Hall–Kier alpha value is -3.80. The second-order valence-corrected chi connectivity index (χ2v) is 8.98. The molecule has 1 atom stereocenters. The summed E-state index contributed by atoms with van der Waals surface area (Å²) in [6, 6.07) is 16.4. The number of carbonyl (C=O) groups excluding carboxylic acids is 2. The van der Waals surface area contributed by atoms with Gasteiger partial charge >= 0.3 is 0 Å².